The maximum atomic E-state index is 11.5. The van der Waals surface area contributed by atoms with Crippen molar-refractivity contribution in [3.8, 4) is 0 Å². The van der Waals surface area contributed by atoms with Gasteiger partial charge in [-0.15, -0.1) is 0 Å². The molecule has 3 heteroatoms. The van der Waals surface area contributed by atoms with Crippen LogP contribution in [0.3, 0.4) is 0 Å². The molecule has 0 atom stereocenters. The lowest BCUT2D eigenvalue weighted by molar-refractivity contribution is -0.156. The summed E-state index contributed by atoms with van der Waals surface area (Å²) in [5.74, 6) is -0.161. The van der Waals surface area contributed by atoms with Crippen LogP contribution in [0.15, 0.2) is 0 Å². The van der Waals surface area contributed by atoms with E-state index in [4.69, 9.17) is 4.74 Å². The van der Waals surface area contributed by atoms with Gasteiger partial charge in [-0.05, 0) is 41.7 Å². The van der Waals surface area contributed by atoms with Crippen molar-refractivity contribution in [3.63, 3.8) is 0 Å². The Hall–Kier alpha value is -0.570. The van der Waals surface area contributed by atoms with Gasteiger partial charge in [0.2, 0.25) is 0 Å². The number of hydrogen-bond donors (Lipinski definition) is 0. The highest BCUT2D eigenvalue weighted by Crippen LogP contribution is 2.16. The third-order valence-electron chi connectivity index (χ3n) is 2.43. The van der Waals surface area contributed by atoms with Crippen LogP contribution in [0.1, 0.15) is 34.6 Å². The Morgan fingerprint density at radius 2 is 1.92 bits per heavy atom. The zero-order valence-electron chi connectivity index (χ0n) is 9.55. The minimum Gasteiger partial charge on any atom is -0.465 e. The third-order valence-corrected chi connectivity index (χ3v) is 2.43. The monoisotopic (exact) mass is 187 g/mol. The summed E-state index contributed by atoms with van der Waals surface area (Å²) in [5.41, 5.74) is -0.538. The van der Waals surface area contributed by atoms with E-state index in [1.54, 1.807) is 0 Å². The highest BCUT2D eigenvalue weighted by molar-refractivity contribution is 5.79. The minimum absolute atomic E-state index is 0.161. The molecule has 3 nitrogen and oxygen atoms in total. The Bertz CT molecular complexity index is 176. The normalized spacial score (nSPS) is 12.3. The molecule has 0 radical (unpaired) electrons. The van der Waals surface area contributed by atoms with Crippen LogP contribution >= 0.6 is 0 Å². The minimum atomic E-state index is -0.538. The SMILES string of the molecule is CCOC(=O)C(C)(C)N(C)C(C)C. The summed E-state index contributed by atoms with van der Waals surface area (Å²) in [5, 5.41) is 0. The standard InChI is InChI=1S/C10H21NO2/c1-7-13-9(12)10(4,5)11(6)8(2)3/h8H,7H2,1-6H3. The molecule has 0 fully saturated rings. The molecule has 0 unspecified atom stereocenters. The molecule has 0 aliphatic rings. The highest BCUT2D eigenvalue weighted by atomic mass is 16.5. The van der Waals surface area contributed by atoms with E-state index in [1.165, 1.54) is 0 Å². The van der Waals surface area contributed by atoms with Gasteiger partial charge in [0, 0.05) is 6.04 Å². The fourth-order valence-electron chi connectivity index (χ4n) is 1.10. The fraction of sp³-hybridized carbons (Fsp3) is 0.900. The van der Waals surface area contributed by atoms with E-state index >= 15 is 0 Å². The van der Waals surface area contributed by atoms with E-state index in [1.807, 2.05) is 32.7 Å². The Morgan fingerprint density at radius 3 is 2.23 bits per heavy atom. The van der Waals surface area contributed by atoms with Gasteiger partial charge >= 0.3 is 5.97 Å². The van der Waals surface area contributed by atoms with Gasteiger partial charge in [-0.3, -0.25) is 9.69 Å². The first-order valence-corrected chi connectivity index (χ1v) is 4.74. The number of carbonyl (C=O) groups is 1. The first kappa shape index (κ1) is 12.4. The van der Waals surface area contributed by atoms with Crippen molar-refractivity contribution in [2.75, 3.05) is 13.7 Å². The van der Waals surface area contributed by atoms with Crippen molar-refractivity contribution in [2.45, 2.75) is 46.2 Å². The van der Waals surface area contributed by atoms with E-state index in [9.17, 15) is 4.79 Å². The number of carbonyl (C=O) groups excluding carboxylic acids is 1. The molecule has 0 aliphatic carbocycles. The van der Waals surface area contributed by atoms with Crippen LogP contribution in [0.5, 0.6) is 0 Å². The van der Waals surface area contributed by atoms with E-state index in [-0.39, 0.29) is 5.97 Å². The van der Waals surface area contributed by atoms with E-state index in [0.29, 0.717) is 12.6 Å². The van der Waals surface area contributed by atoms with Crippen LogP contribution in [-0.4, -0.2) is 36.1 Å². The summed E-state index contributed by atoms with van der Waals surface area (Å²) in [6, 6.07) is 0.333. The molecule has 13 heavy (non-hydrogen) atoms. The maximum absolute atomic E-state index is 11.5. The molecule has 0 heterocycles. The van der Waals surface area contributed by atoms with Gasteiger partial charge in [-0.25, -0.2) is 0 Å². The van der Waals surface area contributed by atoms with Crippen LogP contribution < -0.4 is 0 Å². The van der Waals surface area contributed by atoms with Crippen molar-refractivity contribution in [1.29, 1.82) is 0 Å². The van der Waals surface area contributed by atoms with Crippen LogP contribution in [0.2, 0.25) is 0 Å². The first-order chi connectivity index (χ1) is 5.84. The lowest BCUT2D eigenvalue weighted by Crippen LogP contribution is -2.51. The summed E-state index contributed by atoms with van der Waals surface area (Å²) >= 11 is 0. The molecule has 0 N–H and O–H groups in total. The Kier molecular flexibility index (Phi) is 4.40. The van der Waals surface area contributed by atoms with Crippen molar-refractivity contribution >= 4 is 5.97 Å². The molecular formula is C10H21NO2. The summed E-state index contributed by atoms with van der Waals surface area (Å²) in [7, 11) is 1.93. The van der Waals surface area contributed by atoms with E-state index in [2.05, 4.69) is 13.8 Å². The lowest BCUT2D eigenvalue weighted by atomic mass is 10.0. The Labute approximate surface area is 81.1 Å². The number of ether oxygens (including phenoxy) is 1. The second-order valence-electron chi connectivity index (χ2n) is 3.98. The fourth-order valence-corrected chi connectivity index (χ4v) is 1.10. The first-order valence-electron chi connectivity index (χ1n) is 4.74. The van der Waals surface area contributed by atoms with Crippen molar-refractivity contribution in [3.05, 3.63) is 0 Å². The van der Waals surface area contributed by atoms with Gasteiger partial charge in [-0.2, -0.15) is 0 Å². The van der Waals surface area contributed by atoms with Gasteiger partial charge in [0.05, 0.1) is 6.61 Å². The quantitative estimate of drug-likeness (QED) is 0.627. The average Bonchev–Trinajstić information content (AvgIpc) is 2.03. The van der Waals surface area contributed by atoms with Gasteiger partial charge in [0.25, 0.3) is 0 Å². The Morgan fingerprint density at radius 1 is 1.46 bits per heavy atom. The number of rotatable bonds is 4. The summed E-state index contributed by atoms with van der Waals surface area (Å²) in [4.78, 5) is 13.6. The number of hydrogen-bond acceptors (Lipinski definition) is 3. The van der Waals surface area contributed by atoms with Crippen LogP contribution in [-0.2, 0) is 9.53 Å². The molecule has 0 spiro atoms. The molecule has 0 aromatic heterocycles. The zero-order valence-corrected chi connectivity index (χ0v) is 9.55. The third kappa shape index (κ3) is 2.99. The topological polar surface area (TPSA) is 29.5 Å². The molecule has 0 saturated heterocycles. The van der Waals surface area contributed by atoms with Crippen LogP contribution in [0.4, 0.5) is 0 Å². The predicted molar refractivity (Wildman–Crippen MR) is 53.6 cm³/mol. The van der Waals surface area contributed by atoms with Gasteiger partial charge in [-0.1, -0.05) is 0 Å². The molecule has 0 aromatic carbocycles. The molecule has 0 aliphatic heterocycles. The molecule has 0 amide bonds. The van der Waals surface area contributed by atoms with E-state index in [0.717, 1.165) is 0 Å². The molecule has 0 saturated carbocycles. The van der Waals surface area contributed by atoms with Crippen molar-refractivity contribution < 1.29 is 9.53 Å². The second-order valence-corrected chi connectivity index (χ2v) is 3.98. The lowest BCUT2D eigenvalue weighted by Gasteiger charge is -2.36. The summed E-state index contributed by atoms with van der Waals surface area (Å²) in [6.45, 7) is 10.1. The molecule has 0 rings (SSSR count). The average molecular weight is 187 g/mol. The van der Waals surface area contributed by atoms with Crippen LogP contribution in [0, 0.1) is 0 Å². The van der Waals surface area contributed by atoms with Crippen molar-refractivity contribution in [1.82, 2.24) is 4.90 Å². The smallest absolute Gasteiger partial charge is 0.325 e. The number of likely N-dealkylation sites (N-methyl/N-ethyl adjacent to an activating group) is 1. The van der Waals surface area contributed by atoms with Gasteiger partial charge in [0.15, 0.2) is 0 Å². The predicted octanol–water partition coefficient (Wildman–Crippen LogP) is 1.67. The Balaban J connectivity index is 4.45. The molecular weight excluding hydrogens is 166 g/mol. The summed E-state index contributed by atoms with van der Waals surface area (Å²) in [6.07, 6.45) is 0. The molecule has 0 bridgehead atoms. The molecule has 78 valence electrons. The summed E-state index contributed by atoms with van der Waals surface area (Å²) < 4.78 is 5.00. The number of nitrogens with zero attached hydrogens (tertiary/aromatic N) is 1. The zero-order chi connectivity index (χ0) is 10.6. The van der Waals surface area contributed by atoms with Crippen LogP contribution in [0.25, 0.3) is 0 Å². The molecule has 0 aromatic rings. The largest absolute Gasteiger partial charge is 0.465 e. The van der Waals surface area contributed by atoms with Gasteiger partial charge in [0.1, 0.15) is 5.54 Å². The van der Waals surface area contributed by atoms with Crippen molar-refractivity contribution in [2.24, 2.45) is 0 Å². The van der Waals surface area contributed by atoms with E-state index < -0.39 is 5.54 Å². The second kappa shape index (κ2) is 4.61. The van der Waals surface area contributed by atoms with Gasteiger partial charge < -0.3 is 4.74 Å². The highest BCUT2D eigenvalue weighted by Gasteiger charge is 2.34. The number of esters is 1. The maximum Gasteiger partial charge on any atom is 0.325 e.